The van der Waals surface area contributed by atoms with Gasteiger partial charge in [0.05, 0.1) is 0 Å². The quantitative estimate of drug-likeness (QED) is 0.654. The van der Waals surface area contributed by atoms with Gasteiger partial charge in [-0.1, -0.05) is 0 Å². The first-order valence-electron chi connectivity index (χ1n) is 3.18. The standard InChI is InChI=1S/C7H4F2N2O/c8-3-1-5-6(2-4(3)9)12-7(10)11-5/h1-2H,(H2,10,11). The molecule has 0 spiro atoms. The van der Waals surface area contributed by atoms with E-state index in [2.05, 4.69) is 4.98 Å². The number of hydrogen-bond acceptors (Lipinski definition) is 3. The van der Waals surface area contributed by atoms with E-state index in [0.717, 1.165) is 12.1 Å². The Labute approximate surface area is 65.8 Å². The largest absolute Gasteiger partial charge is 0.424 e. The third-order valence-corrected chi connectivity index (χ3v) is 1.45. The number of nitrogens with two attached hydrogens (primary N) is 1. The van der Waals surface area contributed by atoms with E-state index in [9.17, 15) is 8.78 Å². The Bertz CT molecular complexity index is 399. The molecule has 0 fully saturated rings. The Kier molecular flexibility index (Phi) is 1.27. The molecular formula is C7H4F2N2O. The second-order valence-corrected chi connectivity index (χ2v) is 2.29. The van der Waals surface area contributed by atoms with E-state index in [4.69, 9.17) is 10.2 Å². The van der Waals surface area contributed by atoms with Crippen LogP contribution < -0.4 is 5.73 Å². The number of aromatic nitrogens is 1. The van der Waals surface area contributed by atoms with Gasteiger partial charge >= 0.3 is 0 Å². The van der Waals surface area contributed by atoms with Crippen molar-refractivity contribution in [2.75, 3.05) is 5.73 Å². The molecule has 2 rings (SSSR count). The minimum atomic E-state index is -0.973. The van der Waals surface area contributed by atoms with E-state index in [1.807, 2.05) is 0 Å². The molecule has 0 aliphatic rings. The minimum absolute atomic E-state index is 0.102. The van der Waals surface area contributed by atoms with Gasteiger partial charge < -0.3 is 10.2 Å². The Balaban J connectivity index is 2.83. The number of benzene rings is 1. The summed E-state index contributed by atoms with van der Waals surface area (Å²) in [7, 11) is 0. The maximum Gasteiger partial charge on any atom is 0.292 e. The highest BCUT2D eigenvalue weighted by Crippen LogP contribution is 2.19. The van der Waals surface area contributed by atoms with Gasteiger partial charge in [0.1, 0.15) is 5.52 Å². The smallest absolute Gasteiger partial charge is 0.292 e. The predicted octanol–water partition coefficient (Wildman–Crippen LogP) is 1.69. The number of rotatable bonds is 0. The average molecular weight is 170 g/mol. The highest BCUT2D eigenvalue weighted by Gasteiger charge is 2.08. The van der Waals surface area contributed by atoms with Crippen molar-refractivity contribution >= 4 is 17.1 Å². The molecule has 0 aliphatic heterocycles. The minimum Gasteiger partial charge on any atom is -0.424 e. The average Bonchev–Trinajstić information content (AvgIpc) is 2.30. The maximum absolute atomic E-state index is 12.6. The summed E-state index contributed by atoms with van der Waals surface area (Å²) >= 11 is 0. The highest BCUT2D eigenvalue weighted by atomic mass is 19.2. The van der Waals surface area contributed by atoms with Crippen LogP contribution in [-0.2, 0) is 0 Å². The van der Waals surface area contributed by atoms with E-state index in [1.165, 1.54) is 0 Å². The van der Waals surface area contributed by atoms with Crippen LogP contribution in [0.1, 0.15) is 0 Å². The van der Waals surface area contributed by atoms with Crippen LogP contribution in [0.5, 0.6) is 0 Å². The van der Waals surface area contributed by atoms with Crippen molar-refractivity contribution < 1.29 is 13.2 Å². The molecule has 2 aromatic rings. The van der Waals surface area contributed by atoms with Crippen LogP contribution in [0.4, 0.5) is 14.8 Å². The van der Waals surface area contributed by atoms with E-state index < -0.39 is 11.6 Å². The lowest BCUT2D eigenvalue weighted by atomic mass is 10.3. The molecule has 62 valence electrons. The highest BCUT2D eigenvalue weighted by molar-refractivity contribution is 5.74. The van der Waals surface area contributed by atoms with Crippen LogP contribution in [0.2, 0.25) is 0 Å². The summed E-state index contributed by atoms with van der Waals surface area (Å²) in [5, 5.41) is 0. The number of nitrogen functional groups attached to an aromatic ring is 1. The molecule has 0 atom stereocenters. The summed E-state index contributed by atoms with van der Waals surface area (Å²) in [5.41, 5.74) is 5.53. The van der Waals surface area contributed by atoms with E-state index in [-0.39, 0.29) is 17.1 Å². The summed E-state index contributed by atoms with van der Waals surface area (Å²) in [5.74, 6) is -1.94. The Morgan fingerprint density at radius 2 is 1.92 bits per heavy atom. The van der Waals surface area contributed by atoms with Crippen molar-refractivity contribution in [1.82, 2.24) is 4.98 Å². The molecule has 1 heterocycles. The fourth-order valence-corrected chi connectivity index (χ4v) is 0.941. The topological polar surface area (TPSA) is 52.0 Å². The number of hydrogen-bond donors (Lipinski definition) is 1. The van der Waals surface area contributed by atoms with Gasteiger partial charge in [0.15, 0.2) is 17.2 Å². The van der Waals surface area contributed by atoms with Crippen LogP contribution >= 0.6 is 0 Å². The molecule has 0 saturated carbocycles. The van der Waals surface area contributed by atoms with Gasteiger partial charge in [0.2, 0.25) is 0 Å². The summed E-state index contributed by atoms with van der Waals surface area (Å²) in [4.78, 5) is 3.62. The lowest BCUT2D eigenvalue weighted by Crippen LogP contribution is -1.82. The number of oxazole rings is 1. The molecule has 0 amide bonds. The molecule has 0 bridgehead atoms. The van der Waals surface area contributed by atoms with Gasteiger partial charge in [0.25, 0.3) is 6.01 Å². The van der Waals surface area contributed by atoms with Crippen molar-refractivity contribution in [3.8, 4) is 0 Å². The van der Waals surface area contributed by atoms with Crippen LogP contribution in [0.25, 0.3) is 11.1 Å². The third kappa shape index (κ3) is 0.903. The summed E-state index contributed by atoms with van der Waals surface area (Å²) < 4.78 is 29.9. The summed E-state index contributed by atoms with van der Waals surface area (Å²) in [6, 6.07) is 1.74. The van der Waals surface area contributed by atoms with Gasteiger partial charge in [-0.2, -0.15) is 4.98 Å². The summed E-state index contributed by atoms with van der Waals surface area (Å²) in [6.07, 6.45) is 0. The molecule has 0 radical (unpaired) electrons. The third-order valence-electron chi connectivity index (χ3n) is 1.45. The van der Waals surface area contributed by atoms with Crippen molar-refractivity contribution in [2.45, 2.75) is 0 Å². The van der Waals surface area contributed by atoms with Gasteiger partial charge in [-0.15, -0.1) is 0 Å². The maximum atomic E-state index is 12.6. The molecular weight excluding hydrogens is 166 g/mol. The molecule has 0 aliphatic carbocycles. The first kappa shape index (κ1) is 7.02. The normalized spacial score (nSPS) is 10.8. The van der Waals surface area contributed by atoms with Crippen molar-refractivity contribution in [1.29, 1.82) is 0 Å². The second-order valence-electron chi connectivity index (χ2n) is 2.29. The number of nitrogens with zero attached hydrogens (tertiary/aromatic N) is 1. The van der Waals surface area contributed by atoms with Crippen LogP contribution in [0.15, 0.2) is 16.5 Å². The molecule has 0 unspecified atom stereocenters. The molecule has 5 heteroatoms. The SMILES string of the molecule is Nc1nc2cc(F)c(F)cc2o1. The van der Waals surface area contributed by atoms with Crippen molar-refractivity contribution in [2.24, 2.45) is 0 Å². The lowest BCUT2D eigenvalue weighted by Gasteiger charge is -1.89. The Morgan fingerprint density at radius 1 is 1.25 bits per heavy atom. The zero-order chi connectivity index (χ0) is 8.72. The first-order chi connectivity index (χ1) is 5.66. The van der Waals surface area contributed by atoms with Crippen molar-refractivity contribution in [3.05, 3.63) is 23.8 Å². The first-order valence-corrected chi connectivity index (χ1v) is 3.18. The van der Waals surface area contributed by atoms with E-state index >= 15 is 0 Å². The molecule has 0 saturated heterocycles. The Hall–Kier alpha value is -1.65. The van der Waals surface area contributed by atoms with Crippen LogP contribution in [0.3, 0.4) is 0 Å². The van der Waals surface area contributed by atoms with Gasteiger partial charge in [0, 0.05) is 12.1 Å². The fourth-order valence-electron chi connectivity index (χ4n) is 0.941. The second kappa shape index (κ2) is 2.17. The van der Waals surface area contributed by atoms with E-state index in [1.54, 1.807) is 0 Å². The zero-order valence-corrected chi connectivity index (χ0v) is 5.84. The molecule has 1 aromatic carbocycles. The zero-order valence-electron chi connectivity index (χ0n) is 5.84. The number of anilines is 1. The van der Waals surface area contributed by atoms with Gasteiger partial charge in [-0.25, -0.2) is 8.78 Å². The van der Waals surface area contributed by atoms with Crippen LogP contribution in [0, 0.1) is 11.6 Å². The van der Waals surface area contributed by atoms with Crippen molar-refractivity contribution in [3.63, 3.8) is 0 Å². The lowest BCUT2D eigenvalue weighted by molar-refractivity contribution is 0.508. The fraction of sp³-hybridized carbons (Fsp3) is 0. The van der Waals surface area contributed by atoms with Crippen LogP contribution in [-0.4, -0.2) is 4.98 Å². The van der Waals surface area contributed by atoms with Gasteiger partial charge in [-0.3, -0.25) is 0 Å². The molecule has 3 nitrogen and oxygen atoms in total. The number of halogens is 2. The van der Waals surface area contributed by atoms with E-state index in [0.29, 0.717) is 0 Å². The predicted molar refractivity (Wildman–Crippen MR) is 38.3 cm³/mol. The molecule has 1 aromatic heterocycles. The molecule has 2 N–H and O–H groups in total. The van der Waals surface area contributed by atoms with Gasteiger partial charge in [-0.05, 0) is 0 Å². The summed E-state index contributed by atoms with van der Waals surface area (Å²) in [6.45, 7) is 0. The monoisotopic (exact) mass is 170 g/mol. The molecule has 12 heavy (non-hydrogen) atoms. The Morgan fingerprint density at radius 3 is 2.67 bits per heavy atom. The number of fused-ring (bicyclic) bond motifs is 1.